The molecule has 0 fully saturated rings. The summed E-state index contributed by atoms with van der Waals surface area (Å²) in [5.74, 6) is 5.09. The average molecular weight is 104 g/mol. The van der Waals surface area contributed by atoms with Crippen molar-refractivity contribution in [3.8, 4) is 0 Å². The summed E-state index contributed by atoms with van der Waals surface area (Å²) in [5.41, 5.74) is 0. The minimum atomic E-state index is 0.565. The van der Waals surface area contributed by atoms with Gasteiger partial charge < -0.3 is 5.01 Å². The molecule has 0 radical (unpaired) electrons. The van der Waals surface area contributed by atoms with Gasteiger partial charge in [0.25, 0.3) is 0 Å². The lowest BCUT2D eigenvalue weighted by atomic mass is 10.9. The van der Waals surface area contributed by atoms with E-state index in [1.54, 1.807) is 7.05 Å². The molecule has 0 aromatic carbocycles. The zero-order valence-corrected chi connectivity index (χ0v) is 4.57. The van der Waals surface area contributed by atoms with Gasteiger partial charge in [-0.2, -0.15) is 0 Å². The van der Waals surface area contributed by atoms with Gasteiger partial charge in [0.1, 0.15) is 0 Å². The summed E-state index contributed by atoms with van der Waals surface area (Å²) >= 11 is 3.80. The van der Waals surface area contributed by atoms with E-state index in [1.165, 1.54) is 5.01 Å². The van der Waals surface area contributed by atoms with E-state index in [9.17, 15) is 0 Å². The third kappa shape index (κ3) is 2.11. The van der Waals surface area contributed by atoms with Crippen LogP contribution in [-0.4, -0.2) is 12.1 Å². The number of thiol groups is 1. The first kappa shape index (κ1) is 5.85. The fraction of sp³-hybridized carbons (Fsp3) is 0.333. The lowest BCUT2D eigenvalue weighted by molar-refractivity contribution is 0.475. The van der Waals surface area contributed by atoms with Crippen LogP contribution >= 0.6 is 12.6 Å². The second-order valence-electron chi connectivity index (χ2n) is 1.03. The smallest absolute Gasteiger partial charge is 0.0742 e. The number of hydrazine groups is 1. The van der Waals surface area contributed by atoms with Gasteiger partial charge in [0, 0.05) is 7.05 Å². The molecule has 0 saturated carbocycles. The summed E-state index contributed by atoms with van der Waals surface area (Å²) in [6.07, 6.45) is 0. The van der Waals surface area contributed by atoms with E-state index in [4.69, 9.17) is 5.84 Å². The van der Waals surface area contributed by atoms with Gasteiger partial charge in [-0.05, 0) is 0 Å². The van der Waals surface area contributed by atoms with Crippen molar-refractivity contribution in [1.29, 1.82) is 0 Å². The van der Waals surface area contributed by atoms with Crippen LogP contribution in [0.2, 0.25) is 0 Å². The Labute approximate surface area is 43.0 Å². The van der Waals surface area contributed by atoms with Crippen molar-refractivity contribution in [3.63, 3.8) is 0 Å². The predicted octanol–water partition coefficient (Wildman–Crippen LogP) is 0.193. The maximum absolute atomic E-state index is 5.09. The van der Waals surface area contributed by atoms with Crippen molar-refractivity contribution in [3.05, 3.63) is 11.6 Å². The van der Waals surface area contributed by atoms with E-state index in [2.05, 4.69) is 19.2 Å². The van der Waals surface area contributed by atoms with Gasteiger partial charge in [-0.1, -0.05) is 6.58 Å². The van der Waals surface area contributed by atoms with Crippen molar-refractivity contribution in [1.82, 2.24) is 5.01 Å². The van der Waals surface area contributed by atoms with Crippen LogP contribution in [-0.2, 0) is 0 Å². The van der Waals surface area contributed by atoms with Crippen molar-refractivity contribution in [2.75, 3.05) is 7.05 Å². The van der Waals surface area contributed by atoms with E-state index in [0.29, 0.717) is 5.03 Å². The number of nitrogens with two attached hydrogens (primary N) is 1. The molecule has 0 aliphatic heterocycles. The highest BCUT2D eigenvalue weighted by molar-refractivity contribution is 7.84. The average Bonchev–Trinajstić information content (AvgIpc) is 1.36. The second-order valence-corrected chi connectivity index (χ2v) is 1.54. The molecule has 0 unspecified atom stereocenters. The molecular weight excluding hydrogens is 96.1 g/mol. The monoisotopic (exact) mass is 104 g/mol. The van der Waals surface area contributed by atoms with Gasteiger partial charge in [0.05, 0.1) is 5.03 Å². The molecule has 0 aliphatic carbocycles. The van der Waals surface area contributed by atoms with Crippen LogP contribution in [0.1, 0.15) is 0 Å². The topological polar surface area (TPSA) is 29.3 Å². The molecule has 0 rings (SSSR count). The maximum Gasteiger partial charge on any atom is 0.0742 e. The molecule has 36 valence electrons. The van der Waals surface area contributed by atoms with Gasteiger partial charge >= 0.3 is 0 Å². The zero-order valence-electron chi connectivity index (χ0n) is 3.68. The van der Waals surface area contributed by atoms with Crippen molar-refractivity contribution < 1.29 is 0 Å². The largest absolute Gasteiger partial charge is 0.309 e. The number of hydrogen-bond donors (Lipinski definition) is 2. The third-order valence-electron chi connectivity index (χ3n) is 0.407. The van der Waals surface area contributed by atoms with Crippen molar-refractivity contribution in [2.24, 2.45) is 5.84 Å². The minimum absolute atomic E-state index is 0.565. The number of hydrogen-bond acceptors (Lipinski definition) is 3. The molecule has 0 aliphatic rings. The fourth-order valence-corrected chi connectivity index (χ4v) is 0. The van der Waals surface area contributed by atoms with Crippen LogP contribution in [0, 0.1) is 0 Å². The van der Waals surface area contributed by atoms with Gasteiger partial charge in [-0.25, -0.2) is 5.84 Å². The molecule has 0 amide bonds. The summed E-state index contributed by atoms with van der Waals surface area (Å²) in [7, 11) is 1.68. The minimum Gasteiger partial charge on any atom is -0.309 e. The Hall–Kier alpha value is -0.150. The van der Waals surface area contributed by atoms with Crippen LogP contribution in [0.15, 0.2) is 11.6 Å². The molecule has 0 heterocycles. The van der Waals surface area contributed by atoms with Gasteiger partial charge in [-0.15, -0.1) is 12.6 Å². The van der Waals surface area contributed by atoms with Crippen LogP contribution in [0.3, 0.4) is 0 Å². The van der Waals surface area contributed by atoms with E-state index in [-0.39, 0.29) is 0 Å². The molecule has 0 bridgehead atoms. The van der Waals surface area contributed by atoms with E-state index < -0.39 is 0 Å². The van der Waals surface area contributed by atoms with Gasteiger partial charge in [-0.3, -0.25) is 0 Å². The quantitative estimate of drug-likeness (QED) is 0.282. The van der Waals surface area contributed by atoms with Crippen LogP contribution in [0.5, 0.6) is 0 Å². The molecule has 0 aromatic rings. The maximum atomic E-state index is 5.09. The predicted molar refractivity (Wildman–Crippen MR) is 30.1 cm³/mol. The molecule has 2 N–H and O–H groups in total. The molecule has 0 spiro atoms. The summed E-state index contributed by atoms with van der Waals surface area (Å²) in [4.78, 5) is 0. The van der Waals surface area contributed by atoms with Crippen LogP contribution in [0.4, 0.5) is 0 Å². The lowest BCUT2D eigenvalue weighted by Gasteiger charge is -2.06. The molecule has 6 heavy (non-hydrogen) atoms. The Morgan fingerprint density at radius 2 is 2.17 bits per heavy atom. The Morgan fingerprint density at radius 1 is 2.00 bits per heavy atom. The third-order valence-corrected chi connectivity index (χ3v) is 0.723. The van der Waals surface area contributed by atoms with Crippen LogP contribution in [0.25, 0.3) is 0 Å². The first-order valence-electron chi connectivity index (χ1n) is 1.51. The van der Waals surface area contributed by atoms with Gasteiger partial charge in [0.2, 0.25) is 0 Å². The Bertz CT molecular complexity index is 59.8. The number of rotatable bonds is 1. The summed E-state index contributed by atoms with van der Waals surface area (Å²) < 4.78 is 0. The first-order chi connectivity index (χ1) is 2.64. The SMILES string of the molecule is C=C(S)N(C)N. The molecule has 2 nitrogen and oxygen atoms in total. The van der Waals surface area contributed by atoms with E-state index in [0.717, 1.165) is 0 Å². The highest BCUT2D eigenvalue weighted by Gasteiger charge is 1.80. The van der Waals surface area contributed by atoms with E-state index >= 15 is 0 Å². The Kier molecular flexibility index (Phi) is 2.05. The standard InChI is InChI=1S/C3H8N2S/c1-3(6)5(2)4/h6H,1,4H2,2H3. The summed E-state index contributed by atoms with van der Waals surface area (Å²) in [6.45, 7) is 3.42. The van der Waals surface area contributed by atoms with Crippen molar-refractivity contribution in [2.45, 2.75) is 0 Å². The highest BCUT2D eigenvalue weighted by Crippen LogP contribution is 1.92. The molecule has 0 saturated heterocycles. The summed E-state index contributed by atoms with van der Waals surface area (Å²) in [5, 5.41) is 1.90. The Balaban J connectivity index is 3.26. The molecule has 0 aromatic heterocycles. The normalized spacial score (nSPS) is 7.83. The lowest BCUT2D eigenvalue weighted by Crippen LogP contribution is -2.21. The molecular formula is C3H8N2S. The van der Waals surface area contributed by atoms with Crippen LogP contribution < -0.4 is 5.84 Å². The molecule has 0 atom stereocenters. The highest BCUT2D eigenvalue weighted by atomic mass is 32.1. The molecule has 3 heteroatoms. The second kappa shape index (κ2) is 2.10. The summed E-state index contributed by atoms with van der Waals surface area (Å²) in [6, 6.07) is 0. The fourth-order valence-electron chi connectivity index (χ4n) is 0. The van der Waals surface area contributed by atoms with Gasteiger partial charge in [0.15, 0.2) is 0 Å². The first-order valence-corrected chi connectivity index (χ1v) is 1.95. The zero-order chi connectivity index (χ0) is 5.15. The number of nitrogens with zero attached hydrogens (tertiary/aromatic N) is 1. The van der Waals surface area contributed by atoms with Crippen molar-refractivity contribution >= 4 is 12.6 Å². The Morgan fingerprint density at radius 3 is 2.17 bits per heavy atom. The van der Waals surface area contributed by atoms with E-state index in [1.807, 2.05) is 0 Å².